The molecule has 0 aliphatic heterocycles. The van der Waals surface area contributed by atoms with Crippen LogP contribution in [0, 0.1) is 5.82 Å². The van der Waals surface area contributed by atoms with Crippen molar-refractivity contribution in [1.29, 1.82) is 0 Å². The van der Waals surface area contributed by atoms with Crippen LogP contribution in [0.25, 0.3) is 0 Å². The van der Waals surface area contributed by atoms with E-state index in [1.54, 1.807) is 0 Å². The third-order valence-corrected chi connectivity index (χ3v) is 1.58. The molecule has 0 bridgehead atoms. The zero-order valence-corrected chi connectivity index (χ0v) is 6.26. The standard InChI is InChI=1S/C8H8BFO/c1-2-5-3-6(9)7(10)4-8(5)11/h3-4,11H,2H2,1H3. The molecule has 0 amide bonds. The molecule has 1 nitrogen and oxygen atoms in total. The van der Waals surface area contributed by atoms with Crippen LogP contribution in [0.3, 0.4) is 0 Å². The zero-order chi connectivity index (χ0) is 8.43. The smallest absolute Gasteiger partial charge is 0.121 e. The first kappa shape index (κ1) is 8.11. The molecule has 0 saturated carbocycles. The second kappa shape index (κ2) is 2.95. The van der Waals surface area contributed by atoms with E-state index >= 15 is 0 Å². The van der Waals surface area contributed by atoms with Crippen LogP contribution in [-0.2, 0) is 6.42 Å². The van der Waals surface area contributed by atoms with Crippen molar-refractivity contribution >= 4 is 13.3 Å². The van der Waals surface area contributed by atoms with Crippen LogP contribution < -0.4 is 5.46 Å². The van der Waals surface area contributed by atoms with Gasteiger partial charge in [0.25, 0.3) is 0 Å². The molecule has 0 saturated heterocycles. The molecule has 1 aromatic rings. The van der Waals surface area contributed by atoms with Crippen molar-refractivity contribution in [3.8, 4) is 5.75 Å². The van der Waals surface area contributed by atoms with Crippen molar-refractivity contribution in [1.82, 2.24) is 0 Å². The highest BCUT2D eigenvalue weighted by Crippen LogP contribution is 2.16. The molecule has 56 valence electrons. The Hall–Kier alpha value is -0.985. The second-order valence-electron chi connectivity index (χ2n) is 2.36. The van der Waals surface area contributed by atoms with Gasteiger partial charge in [-0.05, 0) is 12.0 Å². The molecule has 0 atom stereocenters. The van der Waals surface area contributed by atoms with E-state index < -0.39 is 5.82 Å². The van der Waals surface area contributed by atoms with E-state index in [0.29, 0.717) is 12.0 Å². The number of hydrogen-bond donors (Lipinski definition) is 1. The Kier molecular flexibility index (Phi) is 2.18. The molecule has 0 aliphatic rings. The van der Waals surface area contributed by atoms with Gasteiger partial charge in [-0.25, -0.2) is 4.39 Å². The summed E-state index contributed by atoms with van der Waals surface area (Å²) in [5, 5.41) is 9.12. The fourth-order valence-electron chi connectivity index (χ4n) is 0.910. The number of aryl methyl sites for hydroxylation is 1. The van der Waals surface area contributed by atoms with E-state index in [4.69, 9.17) is 13.0 Å². The minimum atomic E-state index is -0.570. The lowest BCUT2D eigenvalue weighted by atomic mass is 9.92. The van der Waals surface area contributed by atoms with Crippen molar-refractivity contribution in [3.05, 3.63) is 23.5 Å². The topological polar surface area (TPSA) is 20.2 Å². The summed E-state index contributed by atoms with van der Waals surface area (Å²) < 4.78 is 12.6. The number of hydrogen-bond acceptors (Lipinski definition) is 1. The molecule has 0 unspecified atom stereocenters. The third kappa shape index (κ3) is 1.53. The highest BCUT2D eigenvalue weighted by atomic mass is 19.1. The zero-order valence-electron chi connectivity index (χ0n) is 6.26. The van der Waals surface area contributed by atoms with Gasteiger partial charge in [-0.1, -0.05) is 18.5 Å². The predicted molar refractivity (Wildman–Crippen MR) is 42.8 cm³/mol. The summed E-state index contributed by atoms with van der Waals surface area (Å²) in [4.78, 5) is 0. The van der Waals surface area contributed by atoms with Crippen LogP contribution in [0.15, 0.2) is 12.1 Å². The van der Waals surface area contributed by atoms with Gasteiger partial charge in [0.2, 0.25) is 0 Å². The van der Waals surface area contributed by atoms with E-state index in [2.05, 4.69) is 0 Å². The van der Waals surface area contributed by atoms with Gasteiger partial charge in [0.05, 0.1) is 0 Å². The summed E-state index contributed by atoms with van der Waals surface area (Å²) in [5.74, 6) is -0.598. The molecule has 1 N–H and O–H groups in total. The molecule has 0 spiro atoms. The van der Waals surface area contributed by atoms with Crippen molar-refractivity contribution in [2.24, 2.45) is 0 Å². The minimum Gasteiger partial charge on any atom is -0.508 e. The molecule has 0 aromatic heterocycles. The molecule has 2 radical (unpaired) electrons. The summed E-state index contributed by atoms with van der Waals surface area (Å²) in [6, 6.07) is 2.48. The summed E-state index contributed by atoms with van der Waals surface area (Å²) in [6.07, 6.45) is 0.649. The van der Waals surface area contributed by atoms with Crippen molar-refractivity contribution in [2.45, 2.75) is 13.3 Å². The van der Waals surface area contributed by atoms with E-state index in [-0.39, 0.29) is 11.2 Å². The van der Waals surface area contributed by atoms with Crippen molar-refractivity contribution in [2.75, 3.05) is 0 Å². The Bertz CT molecular complexity index is 273. The monoisotopic (exact) mass is 150 g/mol. The van der Waals surface area contributed by atoms with Gasteiger partial charge in [0.1, 0.15) is 19.4 Å². The quantitative estimate of drug-likeness (QED) is 0.589. The van der Waals surface area contributed by atoms with Gasteiger partial charge in [0, 0.05) is 6.07 Å². The van der Waals surface area contributed by atoms with E-state index in [9.17, 15) is 4.39 Å². The lowest BCUT2D eigenvalue weighted by Gasteiger charge is -2.03. The van der Waals surface area contributed by atoms with Gasteiger partial charge in [0.15, 0.2) is 0 Å². The number of aromatic hydroxyl groups is 1. The first-order valence-electron chi connectivity index (χ1n) is 3.42. The largest absolute Gasteiger partial charge is 0.508 e. The lowest BCUT2D eigenvalue weighted by molar-refractivity contribution is 0.463. The fraction of sp³-hybridized carbons (Fsp3) is 0.250. The summed E-state index contributed by atoms with van der Waals surface area (Å²) in [7, 11) is 5.28. The Morgan fingerprint density at radius 2 is 2.18 bits per heavy atom. The third-order valence-electron chi connectivity index (χ3n) is 1.58. The number of phenols is 1. The Morgan fingerprint density at radius 1 is 1.55 bits per heavy atom. The normalized spacial score (nSPS) is 10.0. The Balaban J connectivity index is 3.21. The summed E-state index contributed by atoms with van der Waals surface area (Å²) >= 11 is 0. The van der Waals surface area contributed by atoms with E-state index in [1.165, 1.54) is 6.07 Å². The van der Waals surface area contributed by atoms with Gasteiger partial charge in [-0.15, -0.1) is 0 Å². The minimum absolute atomic E-state index is 0.0285. The maximum Gasteiger partial charge on any atom is 0.121 e. The SMILES string of the molecule is [B]c1cc(CC)c(O)cc1F. The van der Waals surface area contributed by atoms with Crippen LogP contribution in [-0.4, -0.2) is 13.0 Å². The maximum absolute atomic E-state index is 12.6. The van der Waals surface area contributed by atoms with Crippen molar-refractivity contribution < 1.29 is 9.50 Å². The highest BCUT2D eigenvalue weighted by Gasteiger charge is 2.02. The molecule has 0 aliphatic carbocycles. The van der Waals surface area contributed by atoms with Crippen LogP contribution in [0.2, 0.25) is 0 Å². The fourth-order valence-corrected chi connectivity index (χ4v) is 0.910. The number of phenolic OH excluding ortho intramolecular Hbond substituents is 1. The first-order valence-corrected chi connectivity index (χ1v) is 3.42. The number of benzene rings is 1. The van der Waals surface area contributed by atoms with E-state index in [0.717, 1.165) is 6.07 Å². The molecule has 1 rings (SSSR count). The van der Waals surface area contributed by atoms with Crippen LogP contribution in [0.1, 0.15) is 12.5 Å². The van der Waals surface area contributed by atoms with Crippen molar-refractivity contribution in [3.63, 3.8) is 0 Å². The number of rotatable bonds is 1. The Labute approximate surface area is 66.3 Å². The van der Waals surface area contributed by atoms with Crippen LogP contribution >= 0.6 is 0 Å². The molecule has 0 heterocycles. The molecular formula is C8H8BFO. The Morgan fingerprint density at radius 3 is 2.73 bits per heavy atom. The maximum atomic E-state index is 12.6. The molecule has 0 fully saturated rings. The van der Waals surface area contributed by atoms with Gasteiger partial charge < -0.3 is 5.11 Å². The predicted octanol–water partition coefficient (Wildman–Crippen LogP) is 0.887. The summed E-state index contributed by atoms with van der Waals surface area (Å²) in [5.41, 5.74) is 0.753. The summed E-state index contributed by atoms with van der Waals surface area (Å²) in [6.45, 7) is 1.87. The molecular weight excluding hydrogens is 142 g/mol. The lowest BCUT2D eigenvalue weighted by Crippen LogP contribution is -2.08. The van der Waals surface area contributed by atoms with Gasteiger partial charge in [-0.3, -0.25) is 0 Å². The average Bonchev–Trinajstić information content (AvgIpc) is 1.97. The van der Waals surface area contributed by atoms with Crippen LogP contribution in [0.4, 0.5) is 4.39 Å². The molecule has 1 aromatic carbocycles. The second-order valence-corrected chi connectivity index (χ2v) is 2.36. The van der Waals surface area contributed by atoms with E-state index in [1.807, 2.05) is 6.92 Å². The van der Waals surface area contributed by atoms with Gasteiger partial charge >= 0.3 is 0 Å². The number of halogens is 1. The highest BCUT2D eigenvalue weighted by molar-refractivity contribution is 6.32. The van der Waals surface area contributed by atoms with Crippen LogP contribution in [0.5, 0.6) is 5.75 Å². The first-order chi connectivity index (χ1) is 5.15. The molecule has 3 heteroatoms. The van der Waals surface area contributed by atoms with Gasteiger partial charge in [-0.2, -0.15) is 0 Å². The average molecular weight is 150 g/mol. The molecule has 11 heavy (non-hydrogen) atoms.